The molecule has 0 aromatic carbocycles. The predicted octanol–water partition coefficient (Wildman–Crippen LogP) is 3.65. The van der Waals surface area contributed by atoms with Crippen molar-refractivity contribution < 1.29 is 4.79 Å². The van der Waals surface area contributed by atoms with E-state index in [-0.39, 0.29) is 5.91 Å². The molecule has 0 radical (unpaired) electrons. The number of carbonyl (C=O) groups excluding carboxylic acids is 1. The second-order valence-electron chi connectivity index (χ2n) is 4.75. The van der Waals surface area contributed by atoms with Gasteiger partial charge in [-0.2, -0.15) is 0 Å². The van der Waals surface area contributed by atoms with Crippen molar-refractivity contribution in [2.45, 2.75) is 38.5 Å². The lowest BCUT2D eigenvalue weighted by molar-refractivity contribution is -0.115. The second-order valence-corrected chi connectivity index (χ2v) is 6.87. The topological polar surface area (TPSA) is 42.0 Å². The van der Waals surface area contributed by atoms with E-state index in [0.717, 1.165) is 22.9 Å². The smallest absolute Gasteiger partial charge is 0.231 e. The first-order valence-corrected chi connectivity index (χ1v) is 8.32. The lowest BCUT2D eigenvalue weighted by Gasteiger charge is -1.99. The van der Waals surface area contributed by atoms with Crippen molar-refractivity contribution in [2.75, 3.05) is 5.32 Å². The first-order valence-electron chi connectivity index (χ1n) is 6.62. The van der Waals surface area contributed by atoms with E-state index in [1.165, 1.54) is 29.8 Å². The quantitative estimate of drug-likeness (QED) is 0.877. The molecule has 0 aliphatic heterocycles. The number of thiazole rings is 1. The summed E-state index contributed by atoms with van der Waals surface area (Å²) in [6.45, 7) is 0. The Kier molecular flexibility index (Phi) is 3.94. The van der Waals surface area contributed by atoms with Crippen molar-refractivity contribution >= 4 is 33.7 Å². The third-order valence-corrected chi connectivity index (χ3v) is 5.21. The summed E-state index contributed by atoms with van der Waals surface area (Å²) in [6, 6.07) is 3.96. The lowest BCUT2D eigenvalue weighted by Crippen LogP contribution is -2.13. The van der Waals surface area contributed by atoms with Crippen LogP contribution in [0.1, 0.15) is 34.7 Å². The van der Waals surface area contributed by atoms with Gasteiger partial charge in [0.05, 0.1) is 12.1 Å². The number of thiophene rings is 1. The van der Waals surface area contributed by atoms with Gasteiger partial charge in [0.15, 0.2) is 5.13 Å². The maximum atomic E-state index is 11.9. The summed E-state index contributed by atoms with van der Waals surface area (Å²) in [5, 5.41) is 5.70. The van der Waals surface area contributed by atoms with Gasteiger partial charge in [0, 0.05) is 9.75 Å². The van der Waals surface area contributed by atoms with Crippen molar-refractivity contribution in [3.8, 4) is 0 Å². The lowest BCUT2D eigenvalue weighted by atomic mass is 10.2. The SMILES string of the molecule is O=C(Cc1cccs1)Nc1nc2c(s1)CCCCC2. The molecule has 0 unspecified atom stereocenters. The number of nitrogens with one attached hydrogen (secondary N) is 1. The minimum Gasteiger partial charge on any atom is -0.302 e. The zero-order chi connectivity index (χ0) is 13.1. The van der Waals surface area contributed by atoms with Gasteiger partial charge in [-0.1, -0.05) is 12.5 Å². The minimum atomic E-state index is 0.0337. The van der Waals surface area contributed by atoms with Crippen LogP contribution >= 0.6 is 22.7 Å². The molecular formula is C14H16N2OS2. The summed E-state index contributed by atoms with van der Waals surface area (Å²) in [6.07, 6.45) is 6.39. The average Bonchev–Trinajstić information content (AvgIpc) is 2.95. The van der Waals surface area contributed by atoms with Gasteiger partial charge >= 0.3 is 0 Å². The van der Waals surface area contributed by atoms with Crippen molar-refractivity contribution in [1.82, 2.24) is 4.98 Å². The Bertz CT molecular complexity index is 537. The number of rotatable bonds is 3. The molecule has 0 atom stereocenters. The van der Waals surface area contributed by atoms with Crippen molar-refractivity contribution in [3.63, 3.8) is 0 Å². The molecule has 2 aromatic rings. The number of nitrogens with zero attached hydrogens (tertiary/aromatic N) is 1. The van der Waals surface area contributed by atoms with Crippen LogP contribution in [0.15, 0.2) is 17.5 Å². The van der Waals surface area contributed by atoms with E-state index in [1.807, 2.05) is 17.5 Å². The number of hydrogen-bond acceptors (Lipinski definition) is 4. The number of aromatic nitrogens is 1. The molecule has 0 saturated heterocycles. The van der Waals surface area contributed by atoms with Crippen LogP contribution in [0.5, 0.6) is 0 Å². The summed E-state index contributed by atoms with van der Waals surface area (Å²) >= 11 is 3.26. The van der Waals surface area contributed by atoms with Crippen molar-refractivity contribution in [1.29, 1.82) is 0 Å². The molecule has 1 aliphatic rings. The molecular weight excluding hydrogens is 276 g/mol. The number of anilines is 1. The Hall–Kier alpha value is -1.20. The van der Waals surface area contributed by atoms with E-state index in [2.05, 4.69) is 10.3 Å². The molecule has 1 N–H and O–H groups in total. The maximum Gasteiger partial charge on any atom is 0.231 e. The van der Waals surface area contributed by atoms with Crippen LogP contribution < -0.4 is 5.32 Å². The summed E-state index contributed by atoms with van der Waals surface area (Å²) in [5.41, 5.74) is 1.20. The van der Waals surface area contributed by atoms with E-state index in [1.54, 1.807) is 22.7 Å². The van der Waals surface area contributed by atoms with Crippen LogP contribution in [0.4, 0.5) is 5.13 Å². The first-order chi connectivity index (χ1) is 9.31. The number of aryl methyl sites for hydroxylation is 2. The van der Waals surface area contributed by atoms with E-state index >= 15 is 0 Å². The molecule has 2 aromatic heterocycles. The second kappa shape index (κ2) is 5.84. The first kappa shape index (κ1) is 12.8. The molecule has 3 rings (SSSR count). The maximum absolute atomic E-state index is 11.9. The Balaban J connectivity index is 1.65. The van der Waals surface area contributed by atoms with Gasteiger partial charge in [-0.3, -0.25) is 4.79 Å². The van der Waals surface area contributed by atoms with Crippen molar-refractivity contribution in [3.05, 3.63) is 33.0 Å². The third kappa shape index (κ3) is 3.22. The molecule has 5 heteroatoms. The van der Waals surface area contributed by atoms with Gasteiger partial charge in [0.1, 0.15) is 0 Å². The normalized spacial score (nSPS) is 14.7. The molecule has 0 bridgehead atoms. The molecule has 0 spiro atoms. The fourth-order valence-electron chi connectivity index (χ4n) is 2.32. The van der Waals surface area contributed by atoms with Crippen molar-refractivity contribution in [2.24, 2.45) is 0 Å². The molecule has 19 heavy (non-hydrogen) atoms. The molecule has 1 aliphatic carbocycles. The number of hydrogen-bond donors (Lipinski definition) is 1. The fourth-order valence-corrected chi connectivity index (χ4v) is 4.09. The van der Waals surface area contributed by atoms with Gasteiger partial charge in [0.25, 0.3) is 0 Å². The zero-order valence-corrected chi connectivity index (χ0v) is 12.3. The van der Waals surface area contributed by atoms with E-state index in [4.69, 9.17) is 0 Å². The zero-order valence-electron chi connectivity index (χ0n) is 10.6. The molecule has 1 amide bonds. The summed E-state index contributed by atoms with van der Waals surface area (Å²) < 4.78 is 0. The predicted molar refractivity (Wildman–Crippen MR) is 80.0 cm³/mol. The number of carbonyl (C=O) groups is 1. The van der Waals surface area contributed by atoms with E-state index in [9.17, 15) is 4.79 Å². The highest BCUT2D eigenvalue weighted by Gasteiger charge is 2.15. The van der Waals surface area contributed by atoms with Crippen LogP contribution in [-0.2, 0) is 24.1 Å². The fraction of sp³-hybridized carbons (Fsp3) is 0.429. The van der Waals surface area contributed by atoms with Crippen LogP contribution in [0.25, 0.3) is 0 Å². The van der Waals surface area contributed by atoms with Crippen LogP contribution in [-0.4, -0.2) is 10.9 Å². The van der Waals surface area contributed by atoms with Crippen LogP contribution in [0, 0.1) is 0 Å². The van der Waals surface area contributed by atoms with Gasteiger partial charge in [-0.25, -0.2) is 4.98 Å². The summed E-state index contributed by atoms with van der Waals surface area (Å²) in [7, 11) is 0. The van der Waals surface area contributed by atoms with Gasteiger partial charge in [-0.05, 0) is 37.1 Å². The van der Waals surface area contributed by atoms with Crippen LogP contribution in [0.2, 0.25) is 0 Å². The molecule has 0 fully saturated rings. The largest absolute Gasteiger partial charge is 0.302 e. The summed E-state index contributed by atoms with van der Waals surface area (Å²) in [4.78, 5) is 19.0. The Morgan fingerprint density at radius 1 is 1.32 bits per heavy atom. The average molecular weight is 292 g/mol. The highest BCUT2D eigenvalue weighted by atomic mass is 32.1. The highest BCUT2D eigenvalue weighted by molar-refractivity contribution is 7.15. The summed E-state index contributed by atoms with van der Waals surface area (Å²) in [5.74, 6) is 0.0337. The van der Waals surface area contributed by atoms with Crippen LogP contribution in [0.3, 0.4) is 0 Å². The Morgan fingerprint density at radius 2 is 2.21 bits per heavy atom. The number of fused-ring (bicyclic) bond motifs is 1. The Morgan fingerprint density at radius 3 is 3.05 bits per heavy atom. The Labute approximate surface area is 120 Å². The van der Waals surface area contributed by atoms with E-state index < -0.39 is 0 Å². The molecule has 0 saturated carbocycles. The monoisotopic (exact) mass is 292 g/mol. The molecule has 2 heterocycles. The molecule has 3 nitrogen and oxygen atoms in total. The minimum absolute atomic E-state index is 0.0337. The van der Waals surface area contributed by atoms with Gasteiger partial charge < -0.3 is 5.32 Å². The molecule has 100 valence electrons. The van der Waals surface area contributed by atoms with E-state index in [0.29, 0.717) is 6.42 Å². The van der Waals surface area contributed by atoms with Gasteiger partial charge in [-0.15, -0.1) is 22.7 Å². The van der Waals surface area contributed by atoms with Gasteiger partial charge in [0.2, 0.25) is 5.91 Å². The third-order valence-electron chi connectivity index (χ3n) is 3.26. The highest BCUT2D eigenvalue weighted by Crippen LogP contribution is 2.29. The standard InChI is InChI=1S/C14H16N2OS2/c17-13(9-10-5-4-8-18-10)16-14-15-11-6-2-1-3-7-12(11)19-14/h4-5,8H,1-3,6-7,9H2,(H,15,16,17). The number of amides is 1.